The molecule has 0 saturated heterocycles. The number of rotatable bonds is 8. The van der Waals surface area contributed by atoms with Crippen LogP contribution in [0.1, 0.15) is 65.7 Å². The van der Waals surface area contributed by atoms with Crippen LogP contribution >= 0.6 is 0 Å². The molecule has 2 aliphatic rings. The van der Waals surface area contributed by atoms with E-state index in [4.69, 9.17) is 24.5 Å². The van der Waals surface area contributed by atoms with Crippen LogP contribution in [0.3, 0.4) is 0 Å². The standard InChI is InChI=1S/C31H24F3N5O3.C10H16O4S/c1-15(2)41-24-9-7-18(12-22(24)34)27-26-30(35)36-14-37-31(26)39(38-27)16(3)29-25(17-5-4-6-19(32)11-17)28(40)21-13-20(33)8-10-23(21)42-29;1-9(2)7-3-4-10(9,8(11)5-7)6-15(12,13)14/h4-16H,1-3H3,(H2,35,36,37);7H,3-6H2,1-2H3,(H,12,13,14)/t16-;7-,10+/m00/s1. The van der Waals surface area contributed by atoms with E-state index < -0.39 is 50.2 Å². The molecule has 2 saturated carbocycles. The molecule has 0 radical (unpaired) electrons. The van der Waals surface area contributed by atoms with Crippen LogP contribution in [-0.2, 0) is 14.9 Å². The number of benzene rings is 3. The zero-order valence-electron chi connectivity index (χ0n) is 31.7. The first-order chi connectivity index (χ1) is 26.8. The highest BCUT2D eigenvalue weighted by atomic mass is 32.2. The van der Waals surface area contributed by atoms with E-state index in [0.717, 1.165) is 12.5 Å². The lowest BCUT2D eigenvalue weighted by molar-refractivity contribution is -0.128. The molecule has 57 heavy (non-hydrogen) atoms. The van der Waals surface area contributed by atoms with Gasteiger partial charge in [-0.15, -0.1) is 0 Å². The maximum atomic E-state index is 15.0. The van der Waals surface area contributed by atoms with Crippen LogP contribution < -0.4 is 15.9 Å². The summed E-state index contributed by atoms with van der Waals surface area (Å²) >= 11 is 0. The molecule has 298 valence electrons. The third kappa shape index (κ3) is 7.05. The van der Waals surface area contributed by atoms with Crippen LogP contribution in [0, 0.1) is 34.2 Å². The van der Waals surface area contributed by atoms with E-state index in [1.165, 1.54) is 53.5 Å². The fraction of sp³-hybridized carbons (Fsp3) is 0.341. The molecule has 6 aromatic rings. The Morgan fingerprint density at radius 3 is 2.37 bits per heavy atom. The lowest BCUT2D eigenvalue weighted by Crippen LogP contribution is -2.42. The molecule has 3 aromatic carbocycles. The first-order valence-corrected chi connectivity index (χ1v) is 19.9. The zero-order valence-corrected chi connectivity index (χ0v) is 32.5. The van der Waals surface area contributed by atoms with Gasteiger partial charge in [-0.2, -0.15) is 13.5 Å². The van der Waals surface area contributed by atoms with Gasteiger partial charge in [0.1, 0.15) is 52.6 Å². The predicted molar refractivity (Wildman–Crippen MR) is 208 cm³/mol. The monoisotopic (exact) mass is 803 g/mol. The first kappa shape index (κ1) is 39.6. The van der Waals surface area contributed by atoms with Gasteiger partial charge in [-0.25, -0.2) is 27.8 Å². The van der Waals surface area contributed by atoms with E-state index in [1.807, 2.05) is 13.8 Å². The second-order valence-corrected chi connectivity index (χ2v) is 16.9. The fourth-order valence-electron chi connectivity index (χ4n) is 8.39. The molecule has 0 amide bonds. The number of halogens is 3. The van der Waals surface area contributed by atoms with E-state index >= 15 is 0 Å². The molecule has 3 heterocycles. The summed E-state index contributed by atoms with van der Waals surface area (Å²) < 4.78 is 87.6. The summed E-state index contributed by atoms with van der Waals surface area (Å²) in [6, 6.07) is 12.7. The third-order valence-electron chi connectivity index (χ3n) is 11.4. The number of nitrogens with zero attached hydrogens (tertiary/aromatic N) is 4. The van der Waals surface area contributed by atoms with Crippen molar-refractivity contribution in [2.24, 2.45) is 16.7 Å². The van der Waals surface area contributed by atoms with Gasteiger partial charge < -0.3 is 14.9 Å². The average molecular weight is 804 g/mol. The highest BCUT2D eigenvalue weighted by Crippen LogP contribution is 2.64. The molecule has 0 unspecified atom stereocenters. The molecule has 16 heteroatoms. The smallest absolute Gasteiger partial charge is 0.265 e. The Bertz CT molecular complexity index is 2750. The van der Waals surface area contributed by atoms with Crippen LogP contribution in [0.15, 0.2) is 76.2 Å². The van der Waals surface area contributed by atoms with Gasteiger partial charge in [-0.05, 0) is 99.0 Å². The van der Waals surface area contributed by atoms with Crippen molar-refractivity contribution >= 4 is 43.7 Å². The zero-order chi connectivity index (χ0) is 41.2. The van der Waals surface area contributed by atoms with E-state index in [0.29, 0.717) is 35.1 Å². The number of ether oxygens (including phenoxy) is 1. The first-order valence-electron chi connectivity index (χ1n) is 18.3. The predicted octanol–water partition coefficient (Wildman–Crippen LogP) is 7.93. The SMILES string of the molecule is CC(C)Oc1ccc(-c2nn([C@@H](C)c3oc4ccc(F)cc4c(=O)c3-c3cccc(F)c3)c3ncnc(N)c23)cc1F.CC1(C)[C@H]2CC[C@@]1(CS(=O)(=O)O)C(=O)C2. The van der Waals surface area contributed by atoms with Gasteiger partial charge in [0.25, 0.3) is 10.1 Å². The Hall–Kier alpha value is -5.61. The van der Waals surface area contributed by atoms with Gasteiger partial charge in [-0.1, -0.05) is 26.0 Å². The van der Waals surface area contributed by atoms with Gasteiger partial charge in [0.05, 0.1) is 33.6 Å². The fourth-order valence-corrected chi connectivity index (χ4v) is 9.69. The van der Waals surface area contributed by atoms with Crippen LogP contribution in [0.2, 0.25) is 0 Å². The van der Waals surface area contributed by atoms with Gasteiger partial charge in [0.15, 0.2) is 17.2 Å². The maximum Gasteiger partial charge on any atom is 0.265 e. The summed E-state index contributed by atoms with van der Waals surface area (Å²) in [4.78, 5) is 34.1. The number of ketones is 1. The number of fused-ring (bicyclic) bond motifs is 4. The topological polar surface area (TPSA) is 180 Å². The number of nitrogens with two attached hydrogens (primary N) is 1. The molecule has 0 aliphatic heterocycles. The van der Waals surface area contributed by atoms with Crippen molar-refractivity contribution in [2.45, 2.75) is 66.0 Å². The van der Waals surface area contributed by atoms with E-state index in [9.17, 15) is 31.2 Å². The molecule has 0 spiro atoms. The molecule has 2 aliphatic carbocycles. The highest BCUT2D eigenvalue weighted by Gasteiger charge is 2.65. The Morgan fingerprint density at radius 1 is 1.00 bits per heavy atom. The Balaban J connectivity index is 0.000000277. The molecule has 3 N–H and O–H groups in total. The molecular formula is C41H40F3N5O7S. The number of carbonyl (C=O) groups is 1. The van der Waals surface area contributed by atoms with Crippen LogP contribution in [-0.4, -0.2) is 50.4 Å². The number of hydrogen-bond acceptors (Lipinski definition) is 10. The highest BCUT2D eigenvalue weighted by molar-refractivity contribution is 7.85. The second kappa shape index (κ2) is 14.4. The van der Waals surface area contributed by atoms with Crippen molar-refractivity contribution in [2.75, 3.05) is 11.5 Å². The number of Topliss-reactive ketones (excluding diaryl/α,β-unsaturated/α-hetero) is 1. The molecule has 2 fully saturated rings. The van der Waals surface area contributed by atoms with Crippen LogP contribution in [0.5, 0.6) is 5.75 Å². The maximum absolute atomic E-state index is 15.0. The number of hydrogen-bond donors (Lipinski definition) is 2. The molecule has 2 bridgehead atoms. The second-order valence-electron chi connectivity index (χ2n) is 15.5. The number of anilines is 1. The van der Waals surface area contributed by atoms with Gasteiger partial charge >= 0.3 is 0 Å². The molecular weight excluding hydrogens is 764 g/mol. The van der Waals surface area contributed by atoms with Crippen molar-refractivity contribution in [3.05, 3.63) is 100 Å². The van der Waals surface area contributed by atoms with E-state index in [2.05, 4.69) is 9.97 Å². The van der Waals surface area contributed by atoms with E-state index in [1.54, 1.807) is 32.9 Å². The van der Waals surface area contributed by atoms with Crippen molar-refractivity contribution in [3.8, 4) is 28.1 Å². The largest absolute Gasteiger partial charge is 0.488 e. The van der Waals surface area contributed by atoms with Crippen molar-refractivity contribution in [3.63, 3.8) is 0 Å². The minimum atomic E-state index is -4.08. The van der Waals surface area contributed by atoms with E-state index in [-0.39, 0.29) is 62.6 Å². The summed E-state index contributed by atoms with van der Waals surface area (Å²) in [6.45, 7) is 9.19. The number of nitrogen functional groups attached to an aromatic ring is 1. The third-order valence-corrected chi connectivity index (χ3v) is 12.3. The van der Waals surface area contributed by atoms with Gasteiger partial charge in [0, 0.05) is 12.0 Å². The van der Waals surface area contributed by atoms with Crippen molar-refractivity contribution < 1.29 is 40.1 Å². The van der Waals surface area contributed by atoms with Gasteiger partial charge in [0.2, 0.25) is 5.43 Å². The number of aromatic nitrogens is 4. The lowest BCUT2D eigenvalue weighted by Gasteiger charge is -2.35. The Labute approximate surface area is 325 Å². The van der Waals surface area contributed by atoms with Crippen LogP contribution in [0.25, 0.3) is 44.4 Å². The summed E-state index contributed by atoms with van der Waals surface area (Å²) in [5.41, 5.74) is 5.98. The lowest BCUT2D eigenvalue weighted by atomic mass is 9.70. The van der Waals surface area contributed by atoms with Crippen LogP contribution in [0.4, 0.5) is 19.0 Å². The van der Waals surface area contributed by atoms with Gasteiger partial charge in [-0.3, -0.25) is 14.1 Å². The Morgan fingerprint density at radius 2 is 1.74 bits per heavy atom. The average Bonchev–Trinajstić information content (AvgIpc) is 3.70. The van der Waals surface area contributed by atoms with Crippen molar-refractivity contribution in [1.82, 2.24) is 19.7 Å². The molecule has 12 nitrogen and oxygen atoms in total. The minimum Gasteiger partial charge on any atom is -0.488 e. The summed E-state index contributed by atoms with van der Waals surface area (Å²) in [5.74, 6) is -1.55. The van der Waals surface area contributed by atoms with Crippen molar-refractivity contribution in [1.29, 1.82) is 0 Å². The molecule has 3 atom stereocenters. The molecule has 3 aromatic heterocycles. The summed E-state index contributed by atoms with van der Waals surface area (Å²) in [7, 11) is -4.08. The summed E-state index contributed by atoms with van der Waals surface area (Å²) in [6.07, 6.45) is 3.01. The molecule has 8 rings (SSSR count). The summed E-state index contributed by atoms with van der Waals surface area (Å²) in [5, 5.41) is 5.10. The normalized spacial score (nSPS) is 19.3. The quantitative estimate of drug-likeness (QED) is 0.143. The number of carbonyl (C=O) groups excluding carboxylic acids is 1. The Kier molecular flexibility index (Phi) is 10.0. The minimum absolute atomic E-state index is 0.00183.